The lowest BCUT2D eigenvalue weighted by atomic mass is 10.5. The minimum atomic E-state index is -3.75. The van der Waals surface area contributed by atoms with E-state index in [1.54, 1.807) is 6.92 Å². The topological polar surface area (TPSA) is 90.2 Å². The van der Waals surface area contributed by atoms with Crippen molar-refractivity contribution in [2.24, 2.45) is 0 Å². The largest absolute Gasteiger partial charge is 0.379 e. The zero-order valence-corrected chi connectivity index (χ0v) is 9.52. The summed E-state index contributed by atoms with van der Waals surface area (Å²) in [4.78, 5) is 10.3. The number of hydrogen-bond donors (Lipinski definition) is 3. The minimum absolute atomic E-state index is 0.112. The summed E-state index contributed by atoms with van der Waals surface area (Å²) in [5.74, 6) is 0. The third-order valence-electron chi connectivity index (χ3n) is 1.63. The van der Waals surface area contributed by atoms with E-state index in [1.807, 2.05) is 0 Å². The molecule has 0 saturated heterocycles. The smallest absolute Gasteiger partial charge is 0.342 e. The fourth-order valence-electron chi connectivity index (χ4n) is 0.997. The molecule has 0 saturated carbocycles. The summed E-state index contributed by atoms with van der Waals surface area (Å²) in [5, 5.41) is 18.4. The van der Waals surface area contributed by atoms with Gasteiger partial charge in [-0.1, -0.05) is 0 Å². The van der Waals surface area contributed by atoms with Gasteiger partial charge in [-0.3, -0.25) is 4.57 Å². The van der Waals surface area contributed by atoms with E-state index in [4.69, 9.17) is 0 Å². The van der Waals surface area contributed by atoms with Crippen molar-refractivity contribution < 1.29 is 24.2 Å². The van der Waals surface area contributed by atoms with Gasteiger partial charge in [0.1, 0.15) is 18.7 Å². The van der Waals surface area contributed by atoms with Crippen LogP contribution in [0.1, 0.15) is 20.8 Å². The molecule has 0 bridgehead atoms. The molecule has 0 aliphatic heterocycles. The zero-order chi connectivity index (χ0) is 11.4. The van der Waals surface area contributed by atoms with E-state index in [0.29, 0.717) is 0 Å². The van der Waals surface area contributed by atoms with Gasteiger partial charge in [-0.15, -0.1) is 0 Å². The van der Waals surface area contributed by atoms with Crippen LogP contribution in [0.4, 0.5) is 0 Å². The van der Waals surface area contributed by atoms with Gasteiger partial charge >= 0.3 is 7.60 Å². The lowest BCUT2D eigenvalue weighted by molar-refractivity contribution is -0.0755. The van der Waals surface area contributed by atoms with Crippen molar-refractivity contribution in [2.45, 2.75) is 33.2 Å². The van der Waals surface area contributed by atoms with Crippen LogP contribution in [0.5, 0.6) is 0 Å². The van der Waals surface area contributed by atoms with E-state index in [0.717, 1.165) is 4.90 Å². The molecule has 0 amide bonds. The number of aliphatic hydroxyl groups excluding tert-OH is 2. The summed E-state index contributed by atoms with van der Waals surface area (Å²) < 4.78 is 15.9. The molecule has 86 valence electrons. The molecule has 0 aliphatic rings. The summed E-state index contributed by atoms with van der Waals surface area (Å²) in [6.45, 7) is 4.51. The second-order valence-electron chi connectivity index (χ2n) is 2.97. The number of hydrogen-bond acceptors (Lipinski definition) is 5. The SMILES string of the molecule is CCOP(=O)(O)CN(C(C)O)C(C)O. The Hall–Kier alpha value is 0.0300. The summed E-state index contributed by atoms with van der Waals surface area (Å²) in [6.07, 6.45) is -2.40. The number of aliphatic hydroxyl groups is 2. The standard InChI is InChI=1S/C7H18NO5P/c1-4-13-14(11,12)5-8(6(2)9)7(3)10/h6-7,9-10H,4-5H2,1-3H3,(H,11,12). The molecule has 14 heavy (non-hydrogen) atoms. The van der Waals surface area contributed by atoms with Crippen LogP contribution in [0, 0.1) is 0 Å². The lowest BCUT2D eigenvalue weighted by Gasteiger charge is -2.29. The van der Waals surface area contributed by atoms with Crippen molar-refractivity contribution in [1.29, 1.82) is 0 Å². The summed E-state index contributed by atoms with van der Waals surface area (Å²) in [5.41, 5.74) is 0. The van der Waals surface area contributed by atoms with Crippen molar-refractivity contribution in [3.05, 3.63) is 0 Å². The van der Waals surface area contributed by atoms with Crippen LogP contribution in [-0.2, 0) is 9.09 Å². The van der Waals surface area contributed by atoms with Crippen LogP contribution < -0.4 is 0 Å². The van der Waals surface area contributed by atoms with Gasteiger partial charge in [0.2, 0.25) is 0 Å². The highest BCUT2D eigenvalue weighted by atomic mass is 31.2. The van der Waals surface area contributed by atoms with E-state index >= 15 is 0 Å². The Morgan fingerprint density at radius 2 is 1.79 bits per heavy atom. The molecule has 0 radical (unpaired) electrons. The first-order valence-corrected chi connectivity index (χ1v) is 6.14. The average Bonchev–Trinajstić information content (AvgIpc) is 1.99. The highest BCUT2D eigenvalue weighted by Crippen LogP contribution is 2.42. The zero-order valence-electron chi connectivity index (χ0n) is 8.62. The van der Waals surface area contributed by atoms with E-state index in [2.05, 4.69) is 4.52 Å². The Balaban J connectivity index is 4.36. The monoisotopic (exact) mass is 227 g/mol. The van der Waals surface area contributed by atoms with E-state index < -0.39 is 26.3 Å². The van der Waals surface area contributed by atoms with Crippen LogP contribution in [0.3, 0.4) is 0 Å². The fraction of sp³-hybridized carbons (Fsp3) is 1.00. The summed E-state index contributed by atoms with van der Waals surface area (Å²) >= 11 is 0. The Morgan fingerprint density at radius 1 is 1.36 bits per heavy atom. The molecule has 0 aromatic heterocycles. The molecule has 0 aromatic carbocycles. The third kappa shape index (κ3) is 5.05. The number of rotatable bonds is 6. The molecule has 0 heterocycles. The predicted octanol–water partition coefficient (Wildman–Crippen LogP) is 0.144. The van der Waals surface area contributed by atoms with Crippen LogP contribution >= 0.6 is 7.60 Å². The van der Waals surface area contributed by atoms with Gasteiger partial charge in [0.15, 0.2) is 0 Å². The van der Waals surface area contributed by atoms with Gasteiger partial charge in [-0.2, -0.15) is 0 Å². The summed E-state index contributed by atoms with van der Waals surface area (Å²) in [7, 11) is -3.75. The Morgan fingerprint density at radius 3 is 2.07 bits per heavy atom. The molecule has 0 aromatic rings. The van der Waals surface area contributed by atoms with Gasteiger partial charge in [-0.05, 0) is 20.8 Å². The maximum Gasteiger partial charge on any atom is 0.342 e. The first-order chi connectivity index (χ1) is 6.30. The van der Waals surface area contributed by atoms with Crippen molar-refractivity contribution in [3.8, 4) is 0 Å². The van der Waals surface area contributed by atoms with Crippen molar-refractivity contribution in [1.82, 2.24) is 4.90 Å². The second-order valence-corrected chi connectivity index (χ2v) is 4.79. The van der Waals surface area contributed by atoms with Crippen LogP contribution in [0.15, 0.2) is 0 Å². The molecule has 0 spiro atoms. The summed E-state index contributed by atoms with van der Waals surface area (Å²) in [6, 6.07) is 0. The first-order valence-electron chi connectivity index (χ1n) is 4.38. The van der Waals surface area contributed by atoms with Crippen molar-refractivity contribution in [2.75, 3.05) is 12.9 Å². The normalized spacial score (nSPS) is 20.5. The lowest BCUT2D eigenvalue weighted by Crippen LogP contribution is -2.40. The highest BCUT2D eigenvalue weighted by molar-refractivity contribution is 7.52. The fourth-order valence-corrected chi connectivity index (χ4v) is 2.37. The third-order valence-corrected chi connectivity index (χ3v) is 2.98. The maximum atomic E-state index is 11.3. The van der Waals surface area contributed by atoms with Gasteiger partial charge in [0, 0.05) is 0 Å². The van der Waals surface area contributed by atoms with E-state index in [9.17, 15) is 19.7 Å². The van der Waals surface area contributed by atoms with Gasteiger partial charge < -0.3 is 19.6 Å². The quantitative estimate of drug-likeness (QED) is 0.442. The molecule has 0 aliphatic carbocycles. The molecule has 3 atom stereocenters. The molecule has 7 heteroatoms. The van der Waals surface area contributed by atoms with E-state index in [1.165, 1.54) is 13.8 Å². The van der Waals surface area contributed by atoms with Gasteiger partial charge in [0.25, 0.3) is 0 Å². The van der Waals surface area contributed by atoms with Crippen LogP contribution in [-0.4, -0.2) is 45.4 Å². The Kier molecular flexibility index (Phi) is 5.81. The highest BCUT2D eigenvalue weighted by Gasteiger charge is 2.27. The predicted molar refractivity (Wildman–Crippen MR) is 51.5 cm³/mol. The molecular formula is C7H18NO5P. The van der Waals surface area contributed by atoms with Crippen molar-refractivity contribution in [3.63, 3.8) is 0 Å². The first kappa shape index (κ1) is 14.0. The van der Waals surface area contributed by atoms with Gasteiger partial charge in [0.05, 0.1) is 6.61 Å². The van der Waals surface area contributed by atoms with Gasteiger partial charge in [-0.25, -0.2) is 4.90 Å². The minimum Gasteiger partial charge on any atom is -0.379 e. The van der Waals surface area contributed by atoms with Crippen molar-refractivity contribution >= 4 is 7.60 Å². The molecule has 6 nitrogen and oxygen atoms in total. The maximum absolute atomic E-state index is 11.3. The molecule has 0 fully saturated rings. The Labute approximate surface area is 83.6 Å². The number of nitrogens with zero attached hydrogens (tertiary/aromatic N) is 1. The van der Waals surface area contributed by atoms with Crippen LogP contribution in [0.2, 0.25) is 0 Å². The van der Waals surface area contributed by atoms with E-state index in [-0.39, 0.29) is 6.61 Å². The molecule has 3 unspecified atom stereocenters. The molecule has 3 N–H and O–H groups in total. The second kappa shape index (κ2) is 5.80. The average molecular weight is 227 g/mol. The van der Waals surface area contributed by atoms with Crippen LogP contribution in [0.25, 0.3) is 0 Å². The molecule has 0 rings (SSSR count). The Bertz CT molecular complexity index is 200. The molecular weight excluding hydrogens is 209 g/mol.